The minimum atomic E-state index is -0.931. The van der Waals surface area contributed by atoms with Gasteiger partial charge in [-0.1, -0.05) is 18.2 Å². The minimum Gasteiger partial charge on any atom is -0.468 e. The van der Waals surface area contributed by atoms with Gasteiger partial charge in [0.05, 0.1) is 0 Å². The highest BCUT2D eigenvalue weighted by Gasteiger charge is 2.55. The molecule has 0 aliphatic carbocycles. The number of rotatable bonds is 4. The second kappa shape index (κ2) is 6.83. The molecule has 3 atom stereocenters. The summed E-state index contributed by atoms with van der Waals surface area (Å²) in [6.45, 7) is 4.15. The Morgan fingerprint density at radius 1 is 1.32 bits per heavy atom. The van der Waals surface area contributed by atoms with E-state index in [0.29, 0.717) is 25.1 Å². The largest absolute Gasteiger partial charge is 0.468 e. The zero-order valence-corrected chi connectivity index (χ0v) is 17.4. The Morgan fingerprint density at radius 3 is 2.87 bits per heavy atom. The number of carbonyl (C=O) groups is 2. The molecule has 2 bridgehead atoms. The molecule has 2 aliphatic heterocycles. The van der Waals surface area contributed by atoms with Gasteiger partial charge in [0.15, 0.2) is 5.72 Å². The highest BCUT2D eigenvalue weighted by Crippen LogP contribution is 2.50. The smallest absolute Gasteiger partial charge is 0.238 e. The summed E-state index contributed by atoms with van der Waals surface area (Å²) < 4.78 is 20.1. The van der Waals surface area contributed by atoms with Gasteiger partial charge >= 0.3 is 0 Å². The Bertz CT molecular complexity index is 1220. The lowest BCUT2D eigenvalue weighted by molar-refractivity contribution is -0.175. The average Bonchev–Trinajstić information content (AvgIpc) is 3.01. The number of nitrogens with one attached hydrogen (secondary N) is 1. The Labute approximate surface area is 179 Å². The van der Waals surface area contributed by atoms with E-state index in [4.69, 9.17) is 10.5 Å². The molecule has 0 unspecified atom stereocenters. The average molecular weight is 421 g/mol. The minimum absolute atomic E-state index is 0.305. The lowest BCUT2D eigenvalue weighted by Gasteiger charge is -2.52. The van der Waals surface area contributed by atoms with Crippen molar-refractivity contribution in [3.05, 3.63) is 65.1 Å². The fourth-order valence-electron chi connectivity index (χ4n) is 5.28. The van der Waals surface area contributed by atoms with E-state index in [1.165, 1.54) is 12.1 Å². The van der Waals surface area contributed by atoms with Gasteiger partial charge in [-0.25, -0.2) is 4.39 Å². The SMILES string of the molecule is Cc1[nH]c2ccc(F)cc2c1CCN1C(=O)[C@@H](C(N)=O)[C@H]2C[C@@]1(C)Oc1ccccc12. The molecule has 3 N–H and O–H groups in total. The molecule has 2 aliphatic rings. The van der Waals surface area contributed by atoms with Crippen LogP contribution in [0.15, 0.2) is 42.5 Å². The van der Waals surface area contributed by atoms with Crippen molar-refractivity contribution >= 4 is 22.7 Å². The molecule has 3 heterocycles. The fraction of sp³-hybridized carbons (Fsp3) is 0.333. The molecule has 160 valence electrons. The van der Waals surface area contributed by atoms with Crippen LogP contribution in [-0.2, 0) is 16.0 Å². The number of nitrogens with two attached hydrogens (primary N) is 1. The third kappa shape index (κ3) is 2.99. The number of H-pyrrole nitrogens is 1. The first-order valence-corrected chi connectivity index (χ1v) is 10.4. The summed E-state index contributed by atoms with van der Waals surface area (Å²) in [5, 5.41) is 0.798. The van der Waals surface area contributed by atoms with Crippen LogP contribution in [0.25, 0.3) is 10.9 Å². The van der Waals surface area contributed by atoms with Crippen LogP contribution in [0.4, 0.5) is 4.39 Å². The van der Waals surface area contributed by atoms with Gasteiger partial charge in [0.1, 0.15) is 17.5 Å². The van der Waals surface area contributed by atoms with E-state index in [-0.39, 0.29) is 17.6 Å². The molecular formula is C24H24FN3O3. The van der Waals surface area contributed by atoms with Crippen molar-refractivity contribution in [2.24, 2.45) is 11.7 Å². The van der Waals surface area contributed by atoms with Gasteiger partial charge in [-0.3, -0.25) is 9.59 Å². The summed E-state index contributed by atoms with van der Waals surface area (Å²) in [5.41, 5.74) is 8.37. The number of nitrogens with zero attached hydrogens (tertiary/aromatic N) is 1. The Hall–Kier alpha value is -3.35. The van der Waals surface area contributed by atoms with Gasteiger partial charge < -0.3 is 20.4 Å². The van der Waals surface area contributed by atoms with Crippen LogP contribution in [0.3, 0.4) is 0 Å². The Kier molecular flexibility index (Phi) is 4.32. The van der Waals surface area contributed by atoms with E-state index >= 15 is 0 Å². The second-order valence-corrected chi connectivity index (χ2v) is 8.66. The van der Waals surface area contributed by atoms with E-state index in [2.05, 4.69) is 4.98 Å². The first kappa shape index (κ1) is 19.6. The standard InChI is InChI=1S/C24H24FN3O3/c1-13-15(17-11-14(25)7-8-19(17)27-13)9-10-28-23(30)21(22(26)29)18-12-24(28,2)31-20-6-4-3-5-16(18)20/h3-8,11,18,21,27H,9-10,12H2,1-2H3,(H2,26,29)/t18-,21+,24+/m0/s1. The predicted molar refractivity (Wildman–Crippen MR) is 114 cm³/mol. The molecule has 7 heteroatoms. The summed E-state index contributed by atoms with van der Waals surface area (Å²) in [6.07, 6.45) is 0.989. The topological polar surface area (TPSA) is 88.4 Å². The summed E-state index contributed by atoms with van der Waals surface area (Å²) >= 11 is 0. The van der Waals surface area contributed by atoms with Crippen molar-refractivity contribution in [1.29, 1.82) is 0 Å². The van der Waals surface area contributed by atoms with Gasteiger partial charge in [-0.05, 0) is 55.7 Å². The number of benzene rings is 2. The van der Waals surface area contributed by atoms with Gasteiger partial charge in [0.2, 0.25) is 11.8 Å². The first-order valence-electron chi connectivity index (χ1n) is 10.4. The van der Waals surface area contributed by atoms with Gasteiger partial charge in [0.25, 0.3) is 0 Å². The number of aromatic amines is 1. The van der Waals surface area contributed by atoms with Gasteiger partial charge in [-0.15, -0.1) is 0 Å². The molecule has 0 radical (unpaired) electrons. The van der Waals surface area contributed by atoms with E-state index in [1.54, 1.807) is 11.0 Å². The summed E-state index contributed by atoms with van der Waals surface area (Å²) in [6, 6.07) is 12.1. The van der Waals surface area contributed by atoms with E-state index in [9.17, 15) is 14.0 Å². The number of aromatic nitrogens is 1. The number of aryl methyl sites for hydroxylation is 1. The normalized spacial score (nSPS) is 24.7. The predicted octanol–water partition coefficient (Wildman–Crippen LogP) is 3.38. The Balaban J connectivity index is 1.51. The molecule has 6 nitrogen and oxygen atoms in total. The van der Waals surface area contributed by atoms with Crippen LogP contribution in [0.1, 0.15) is 36.1 Å². The number of fused-ring (bicyclic) bond motifs is 5. The zero-order chi connectivity index (χ0) is 21.9. The van der Waals surface area contributed by atoms with Crippen molar-refractivity contribution in [1.82, 2.24) is 9.88 Å². The fourth-order valence-corrected chi connectivity index (χ4v) is 5.28. The number of likely N-dealkylation sites (tertiary alicyclic amines) is 1. The molecule has 31 heavy (non-hydrogen) atoms. The van der Waals surface area contributed by atoms with Crippen LogP contribution in [-0.4, -0.2) is 34.0 Å². The van der Waals surface area contributed by atoms with Crippen molar-refractivity contribution in [3.63, 3.8) is 0 Å². The molecule has 0 saturated carbocycles. The van der Waals surface area contributed by atoms with Gasteiger partial charge in [-0.2, -0.15) is 0 Å². The maximum absolute atomic E-state index is 13.8. The van der Waals surface area contributed by atoms with E-state index in [0.717, 1.165) is 27.7 Å². The summed E-state index contributed by atoms with van der Waals surface area (Å²) in [7, 11) is 0. The van der Waals surface area contributed by atoms with E-state index < -0.39 is 17.6 Å². The number of hydrogen-bond acceptors (Lipinski definition) is 3. The maximum atomic E-state index is 13.8. The summed E-state index contributed by atoms with van der Waals surface area (Å²) in [4.78, 5) is 30.6. The van der Waals surface area contributed by atoms with Crippen LogP contribution in [0, 0.1) is 18.7 Å². The molecule has 1 fully saturated rings. The van der Waals surface area contributed by atoms with Crippen molar-refractivity contribution in [2.75, 3.05) is 6.54 Å². The van der Waals surface area contributed by atoms with Crippen LogP contribution in [0.2, 0.25) is 0 Å². The number of amides is 2. The van der Waals surface area contributed by atoms with Gasteiger partial charge in [0, 0.05) is 35.5 Å². The quantitative estimate of drug-likeness (QED) is 0.633. The highest BCUT2D eigenvalue weighted by atomic mass is 19.1. The molecule has 1 aromatic heterocycles. The molecule has 2 aromatic carbocycles. The third-order valence-corrected chi connectivity index (χ3v) is 6.73. The number of para-hydroxylation sites is 1. The number of primary amides is 1. The number of ether oxygens (including phenoxy) is 1. The lowest BCUT2D eigenvalue weighted by atomic mass is 9.73. The van der Waals surface area contributed by atoms with Crippen molar-refractivity contribution < 1.29 is 18.7 Å². The third-order valence-electron chi connectivity index (χ3n) is 6.73. The lowest BCUT2D eigenvalue weighted by Crippen LogP contribution is -2.64. The number of piperidine rings is 1. The molecular weight excluding hydrogens is 397 g/mol. The molecule has 2 amide bonds. The molecule has 1 saturated heterocycles. The van der Waals surface area contributed by atoms with Crippen LogP contribution >= 0.6 is 0 Å². The molecule has 3 aromatic rings. The van der Waals surface area contributed by atoms with E-state index in [1.807, 2.05) is 38.1 Å². The zero-order valence-electron chi connectivity index (χ0n) is 17.4. The second-order valence-electron chi connectivity index (χ2n) is 8.66. The number of hydrogen-bond donors (Lipinski definition) is 2. The summed E-state index contributed by atoms with van der Waals surface area (Å²) in [5.74, 6) is -1.80. The molecule has 5 rings (SSSR count). The van der Waals surface area contributed by atoms with Crippen molar-refractivity contribution in [3.8, 4) is 5.75 Å². The highest BCUT2D eigenvalue weighted by molar-refractivity contribution is 6.02. The Morgan fingerprint density at radius 2 is 2.10 bits per heavy atom. The first-order chi connectivity index (χ1) is 14.8. The number of halogens is 1. The van der Waals surface area contributed by atoms with Crippen molar-refractivity contribution in [2.45, 2.75) is 38.3 Å². The van der Waals surface area contributed by atoms with Crippen LogP contribution in [0.5, 0.6) is 5.75 Å². The van der Waals surface area contributed by atoms with Crippen LogP contribution < -0.4 is 10.5 Å². The monoisotopic (exact) mass is 421 g/mol. The maximum Gasteiger partial charge on any atom is 0.238 e. The number of carbonyl (C=O) groups excluding carboxylic acids is 2. The molecule has 0 spiro atoms.